The average molecular weight is 345 g/mol. The molecule has 0 unspecified atom stereocenters. The summed E-state index contributed by atoms with van der Waals surface area (Å²) in [4.78, 5) is 0. The summed E-state index contributed by atoms with van der Waals surface area (Å²) in [5.74, 6) is 0.788. The molecule has 1 atom stereocenters. The quantitative estimate of drug-likeness (QED) is 0.569. The molecule has 0 saturated carbocycles. The van der Waals surface area contributed by atoms with Crippen LogP contribution in [-0.4, -0.2) is 12.6 Å². The molecule has 1 aliphatic heterocycles. The molecule has 0 bridgehead atoms. The van der Waals surface area contributed by atoms with Gasteiger partial charge in [0.15, 0.2) is 0 Å². The topological polar surface area (TPSA) is 23.3 Å². The van der Waals surface area contributed by atoms with Crippen LogP contribution in [0.5, 0.6) is 0 Å². The Morgan fingerprint density at radius 3 is 2.30 bits per heavy atom. The Morgan fingerprint density at radius 1 is 1.00 bits per heavy atom. The summed E-state index contributed by atoms with van der Waals surface area (Å²) in [6.07, 6.45) is 9.02. The van der Waals surface area contributed by atoms with Crippen LogP contribution in [0.15, 0.2) is 96.4 Å². The minimum absolute atomic E-state index is 0. The van der Waals surface area contributed by atoms with Crippen molar-refractivity contribution in [3.63, 3.8) is 0 Å². The van der Waals surface area contributed by atoms with E-state index in [9.17, 15) is 0 Å². The minimum atomic E-state index is 0. The monoisotopic (exact) mass is 345 g/mol. The van der Waals surface area contributed by atoms with Crippen LogP contribution in [0.4, 0.5) is 0 Å². The van der Waals surface area contributed by atoms with Crippen molar-refractivity contribution in [1.82, 2.24) is 0 Å². The number of nitrogens with zero attached hydrogens (tertiary/aromatic N) is 1. The molecule has 1 fully saturated rings. The van der Waals surface area contributed by atoms with Gasteiger partial charge in [0.25, 0.3) is 0 Å². The van der Waals surface area contributed by atoms with E-state index in [2.05, 4.69) is 29.6 Å². The average Bonchev–Trinajstić information content (AvgIpc) is 3.32. The van der Waals surface area contributed by atoms with Gasteiger partial charge >= 0.3 is 17.1 Å². The molecule has 0 N–H and O–H groups in total. The zero-order valence-electron chi connectivity index (χ0n) is 12.8. The van der Waals surface area contributed by atoms with Crippen LogP contribution < -0.4 is 0 Å². The largest absolute Gasteiger partial charge is 2.00 e. The van der Waals surface area contributed by atoms with Crippen molar-refractivity contribution < 1.29 is 21.8 Å². The Labute approximate surface area is 148 Å². The van der Waals surface area contributed by atoms with Gasteiger partial charge in [-0.1, -0.05) is 60.7 Å². The maximum Gasteiger partial charge on any atom is 2.00 e. The van der Waals surface area contributed by atoms with E-state index in [4.69, 9.17) is 4.74 Å². The minimum Gasteiger partial charge on any atom is -0.648 e. The van der Waals surface area contributed by atoms with Gasteiger partial charge in [-0.3, -0.25) is 0 Å². The van der Waals surface area contributed by atoms with Crippen LogP contribution in [0.25, 0.3) is 5.32 Å². The molecule has 1 saturated heterocycles. The van der Waals surface area contributed by atoms with Crippen LogP contribution >= 0.6 is 0 Å². The van der Waals surface area contributed by atoms with Crippen molar-refractivity contribution in [3.05, 3.63) is 107 Å². The molecule has 2 aliphatic rings. The molecule has 0 radical (unpaired) electrons. The fourth-order valence-electron chi connectivity index (χ4n) is 2.40. The zero-order chi connectivity index (χ0) is 15.0. The molecule has 4 rings (SSSR count). The number of ether oxygens (including phenoxy) is 1. The van der Waals surface area contributed by atoms with Crippen molar-refractivity contribution in [1.29, 1.82) is 0 Å². The molecule has 0 aromatic heterocycles. The van der Waals surface area contributed by atoms with E-state index >= 15 is 0 Å². The molecule has 2 nitrogen and oxygen atoms in total. The van der Waals surface area contributed by atoms with Crippen LogP contribution in [0, 0.1) is 0 Å². The van der Waals surface area contributed by atoms with Gasteiger partial charge in [-0.25, -0.2) is 12.1 Å². The molecule has 118 valence electrons. The Bertz CT molecular complexity index is 625. The molecule has 3 heteroatoms. The third kappa shape index (κ3) is 5.24. The van der Waals surface area contributed by atoms with Crippen molar-refractivity contribution in [2.24, 2.45) is 0 Å². The van der Waals surface area contributed by atoms with Crippen LogP contribution in [0.1, 0.15) is 5.56 Å². The maximum atomic E-state index is 5.63. The van der Waals surface area contributed by atoms with Crippen molar-refractivity contribution in [3.8, 4) is 0 Å². The van der Waals surface area contributed by atoms with Crippen LogP contribution in [-0.2, 0) is 28.2 Å². The summed E-state index contributed by atoms with van der Waals surface area (Å²) in [7, 11) is 0. The van der Waals surface area contributed by atoms with E-state index in [0.717, 1.165) is 17.9 Å². The standard InChI is InChI=1S/C15H14NO.C5H5.Fe/c1-2-6-12(7-3-1)10-14-11-17-15(16-14)13-8-4-5-9-13;1-2-4-5-3-1;/h1-9,14H,10-11H2;1-5H;/q2*-1;+2/t14-;;/m0../s1. The number of allylic oxidation sites excluding steroid dienone is 5. The summed E-state index contributed by atoms with van der Waals surface area (Å²) < 4.78 is 5.63. The first kappa shape index (κ1) is 17.3. The fourth-order valence-corrected chi connectivity index (χ4v) is 2.40. The van der Waals surface area contributed by atoms with E-state index in [1.807, 2.05) is 60.7 Å². The van der Waals surface area contributed by atoms with Crippen LogP contribution in [0.3, 0.4) is 0 Å². The molecule has 0 spiro atoms. The van der Waals surface area contributed by atoms with Gasteiger partial charge in [-0.05, 0) is 17.6 Å². The Balaban J connectivity index is 0.000000276. The molecular formula is C20H19FeNO. The Morgan fingerprint density at radius 2 is 1.70 bits per heavy atom. The molecular weight excluding hydrogens is 326 g/mol. The number of hydrogen-bond donors (Lipinski definition) is 0. The molecule has 23 heavy (non-hydrogen) atoms. The first-order valence-corrected chi connectivity index (χ1v) is 7.55. The molecule has 2 aromatic carbocycles. The second-order valence-electron chi connectivity index (χ2n) is 5.22. The van der Waals surface area contributed by atoms with Gasteiger partial charge in [0.05, 0.1) is 6.61 Å². The smallest absolute Gasteiger partial charge is 0.648 e. The van der Waals surface area contributed by atoms with Gasteiger partial charge in [-0.2, -0.15) is 18.2 Å². The summed E-state index contributed by atoms with van der Waals surface area (Å²) in [6, 6.07) is 20.7. The molecule has 1 heterocycles. The third-order valence-corrected chi connectivity index (χ3v) is 3.49. The maximum absolute atomic E-state index is 5.63. The summed E-state index contributed by atoms with van der Waals surface area (Å²) in [5, 5.41) is 4.62. The number of benzene rings is 1. The Hall–Kier alpha value is -2.09. The van der Waals surface area contributed by atoms with Gasteiger partial charge in [0, 0.05) is 5.88 Å². The fraction of sp³-hybridized carbons (Fsp3) is 0.150. The number of hydrogen-bond acceptors (Lipinski definition) is 1. The predicted molar refractivity (Wildman–Crippen MR) is 90.6 cm³/mol. The van der Waals surface area contributed by atoms with Gasteiger partial charge in [-0.15, -0.1) is 0 Å². The predicted octanol–water partition coefficient (Wildman–Crippen LogP) is 4.74. The van der Waals surface area contributed by atoms with E-state index in [1.54, 1.807) is 0 Å². The first-order valence-electron chi connectivity index (χ1n) is 7.55. The molecule has 2 aromatic rings. The van der Waals surface area contributed by atoms with E-state index in [-0.39, 0.29) is 23.1 Å². The zero-order valence-corrected chi connectivity index (χ0v) is 13.9. The van der Waals surface area contributed by atoms with Gasteiger partial charge < -0.3 is 10.1 Å². The SMILES string of the molecule is C1=CC(=C2[N-][C@@H](Cc3ccccc3)CO2)C=C1.[Fe+2].c1cc[cH-]c1. The third-order valence-electron chi connectivity index (χ3n) is 3.49. The number of rotatable bonds is 2. The molecule has 1 aliphatic carbocycles. The van der Waals surface area contributed by atoms with Gasteiger partial charge in [0.2, 0.25) is 0 Å². The van der Waals surface area contributed by atoms with E-state index in [0.29, 0.717) is 6.61 Å². The van der Waals surface area contributed by atoms with Gasteiger partial charge in [0.1, 0.15) is 0 Å². The second kappa shape index (κ2) is 9.14. The summed E-state index contributed by atoms with van der Waals surface area (Å²) >= 11 is 0. The van der Waals surface area contributed by atoms with E-state index < -0.39 is 0 Å². The summed E-state index contributed by atoms with van der Waals surface area (Å²) in [6.45, 7) is 0.690. The van der Waals surface area contributed by atoms with Crippen molar-refractivity contribution in [2.45, 2.75) is 12.5 Å². The first-order chi connectivity index (χ1) is 10.9. The van der Waals surface area contributed by atoms with Crippen LogP contribution in [0.2, 0.25) is 0 Å². The molecule has 0 amide bonds. The van der Waals surface area contributed by atoms with E-state index in [1.165, 1.54) is 5.56 Å². The van der Waals surface area contributed by atoms with Crippen molar-refractivity contribution >= 4 is 0 Å². The normalized spacial score (nSPS) is 17.8. The Kier molecular flexibility index (Phi) is 6.86. The second-order valence-corrected chi connectivity index (χ2v) is 5.22. The summed E-state index contributed by atoms with van der Waals surface area (Å²) in [5.41, 5.74) is 2.40. The van der Waals surface area contributed by atoms with Crippen molar-refractivity contribution in [2.75, 3.05) is 6.61 Å².